The number of hydrogen-bond donors (Lipinski definition) is 2. The van der Waals surface area contributed by atoms with Gasteiger partial charge in [-0.1, -0.05) is 0 Å². The first-order valence-corrected chi connectivity index (χ1v) is 5.52. The number of nitro groups is 1. The summed E-state index contributed by atoms with van der Waals surface area (Å²) in [6.45, 7) is 1.41. The second kappa shape index (κ2) is 5.95. The van der Waals surface area contributed by atoms with E-state index >= 15 is 0 Å². The second-order valence-corrected chi connectivity index (χ2v) is 3.86. The highest BCUT2D eigenvalue weighted by atomic mass is 19.1. The summed E-state index contributed by atoms with van der Waals surface area (Å²) in [6, 6.07) is 1.34. The molecule has 0 radical (unpaired) electrons. The van der Waals surface area contributed by atoms with E-state index in [-0.39, 0.29) is 18.8 Å². The van der Waals surface area contributed by atoms with Gasteiger partial charge in [0.2, 0.25) is 5.91 Å². The zero-order valence-electron chi connectivity index (χ0n) is 10.5. The van der Waals surface area contributed by atoms with Gasteiger partial charge in [-0.15, -0.1) is 0 Å². The van der Waals surface area contributed by atoms with E-state index in [0.29, 0.717) is 12.1 Å². The monoisotopic (exact) mass is 285 g/mol. The third kappa shape index (κ3) is 3.19. The fraction of sp³-hybridized carbons (Fsp3) is 0.273. The quantitative estimate of drug-likeness (QED) is 0.586. The third-order valence-electron chi connectivity index (χ3n) is 2.56. The lowest BCUT2D eigenvalue weighted by atomic mass is 10.1. The smallest absolute Gasteiger partial charge is 0.338 e. The summed E-state index contributed by atoms with van der Waals surface area (Å²) in [6.07, 6.45) is 0. The number of benzene rings is 1. The van der Waals surface area contributed by atoms with Crippen LogP contribution in [0.4, 0.5) is 15.8 Å². The molecule has 0 fully saturated rings. The summed E-state index contributed by atoms with van der Waals surface area (Å²) in [4.78, 5) is 33.0. The molecule has 0 aliphatic carbocycles. The largest absolute Gasteiger partial charge is 0.478 e. The van der Waals surface area contributed by atoms with Crippen LogP contribution in [0.3, 0.4) is 0 Å². The van der Waals surface area contributed by atoms with Crippen LogP contribution >= 0.6 is 0 Å². The van der Waals surface area contributed by atoms with Crippen LogP contribution in [0.2, 0.25) is 0 Å². The van der Waals surface area contributed by atoms with Gasteiger partial charge in [0.05, 0.1) is 11.5 Å². The number of carboxylic acid groups (broad SMARTS) is 1. The molecule has 9 heteroatoms. The molecule has 0 spiro atoms. The van der Waals surface area contributed by atoms with Gasteiger partial charge in [-0.25, -0.2) is 9.18 Å². The Labute approximate surface area is 112 Å². The van der Waals surface area contributed by atoms with E-state index in [0.717, 1.165) is 0 Å². The lowest BCUT2D eigenvalue weighted by Crippen LogP contribution is -2.34. The molecule has 0 bridgehead atoms. The molecule has 1 amide bonds. The SMILES string of the molecule is CCN(CC(N)=O)c1cc(F)c(C(=O)O)cc1[N+](=O)[O-]. The van der Waals surface area contributed by atoms with E-state index in [1.807, 2.05) is 0 Å². The minimum Gasteiger partial charge on any atom is -0.478 e. The van der Waals surface area contributed by atoms with Crippen molar-refractivity contribution in [3.05, 3.63) is 33.6 Å². The van der Waals surface area contributed by atoms with Gasteiger partial charge in [0.15, 0.2) is 0 Å². The summed E-state index contributed by atoms with van der Waals surface area (Å²) in [5.41, 5.74) is 3.40. The molecular weight excluding hydrogens is 273 g/mol. The van der Waals surface area contributed by atoms with Crippen molar-refractivity contribution in [1.29, 1.82) is 0 Å². The lowest BCUT2D eigenvalue weighted by molar-refractivity contribution is -0.384. The molecule has 20 heavy (non-hydrogen) atoms. The van der Waals surface area contributed by atoms with Crippen LogP contribution in [0.1, 0.15) is 17.3 Å². The average molecular weight is 285 g/mol. The molecule has 0 aliphatic heterocycles. The number of carbonyl (C=O) groups excluding carboxylic acids is 1. The fourth-order valence-electron chi connectivity index (χ4n) is 1.67. The van der Waals surface area contributed by atoms with Crippen LogP contribution in [0, 0.1) is 15.9 Å². The van der Waals surface area contributed by atoms with Gasteiger partial charge in [-0.05, 0) is 6.92 Å². The molecule has 0 aliphatic rings. The molecule has 0 saturated heterocycles. The van der Waals surface area contributed by atoms with Crippen LogP contribution in [0.5, 0.6) is 0 Å². The number of nitrogens with two attached hydrogens (primary N) is 1. The van der Waals surface area contributed by atoms with Gasteiger partial charge in [0.1, 0.15) is 17.1 Å². The molecule has 1 aromatic rings. The number of aromatic carboxylic acids is 1. The number of carbonyl (C=O) groups is 2. The van der Waals surface area contributed by atoms with Crippen LogP contribution in [0.25, 0.3) is 0 Å². The zero-order valence-corrected chi connectivity index (χ0v) is 10.5. The van der Waals surface area contributed by atoms with Crippen molar-refractivity contribution in [2.45, 2.75) is 6.92 Å². The van der Waals surface area contributed by atoms with Gasteiger partial charge < -0.3 is 15.7 Å². The summed E-state index contributed by atoms with van der Waals surface area (Å²) >= 11 is 0. The highest BCUT2D eigenvalue weighted by molar-refractivity contribution is 5.90. The molecule has 0 saturated carbocycles. The van der Waals surface area contributed by atoms with Gasteiger partial charge in [-0.3, -0.25) is 14.9 Å². The Hall–Kier alpha value is -2.71. The molecule has 0 aromatic heterocycles. The lowest BCUT2D eigenvalue weighted by Gasteiger charge is -2.21. The van der Waals surface area contributed by atoms with Crippen molar-refractivity contribution in [3.8, 4) is 0 Å². The first kappa shape index (κ1) is 15.3. The van der Waals surface area contributed by atoms with Crippen LogP contribution in [-0.4, -0.2) is 35.0 Å². The number of hydrogen-bond acceptors (Lipinski definition) is 5. The Balaban J connectivity index is 3.44. The van der Waals surface area contributed by atoms with Crippen molar-refractivity contribution in [1.82, 2.24) is 0 Å². The van der Waals surface area contributed by atoms with Crippen LogP contribution in [0.15, 0.2) is 12.1 Å². The molecule has 0 atom stereocenters. The van der Waals surface area contributed by atoms with Gasteiger partial charge in [-0.2, -0.15) is 0 Å². The Morgan fingerprint density at radius 1 is 1.50 bits per heavy atom. The van der Waals surface area contributed by atoms with Gasteiger partial charge in [0.25, 0.3) is 5.69 Å². The molecule has 8 nitrogen and oxygen atoms in total. The molecule has 3 N–H and O–H groups in total. The Morgan fingerprint density at radius 3 is 2.50 bits per heavy atom. The number of nitrogens with zero attached hydrogens (tertiary/aromatic N) is 2. The van der Waals surface area contributed by atoms with Crippen molar-refractivity contribution >= 4 is 23.3 Å². The Morgan fingerprint density at radius 2 is 2.10 bits per heavy atom. The highest BCUT2D eigenvalue weighted by Crippen LogP contribution is 2.31. The minimum absolute atomic E-state index is 0.162. The van der Waals surface area contributed by atoms with E-state index < -0.39 is 33.9 Å². The number of amides is 1. The Bertz CT molecular complexity index is 575. The number of rotatable bonds is 6. The van der Waals surface area contributed by atoms with Crippen molar-refractivity contribution < 1.29 is 24.0 Å². The van der Waals surface area contributed by atoms with Crippen LogP contribution in [-0.2, 0) is 4.79 Å². The maximum atomic E-state index is 13.6. The molecule has 0 heterocycles. The van der Waals surface area contributed by atoms with E-state index in [4.69, 9.17) is 10.8 Å². The van der Waals surface area contributed by atoms with Crippen LogP contribution < -0.4 is 10.6 Å². The number of likely N-dealkylation sites (N-methyl/N-ethyl adjacent to an activating group) is 1. The first-order chi connectivity index (χ1) is 9.27. The summed E-state index contributed by atoms with van der Waals surface area (Å²) in [5, 5.41) is 19.7. The number of nitro benzene ring substituents is 1. The van der Waals surface area contributed by atoms with Gasteiger partial charge >= 0.3 is 5.97 Å². The zero-order chi connectivity index (χ0) is 15.4. The second-order valence-electron chi connectivity index (χ2n) is 3.86. The van der Waals surface area contributed by atoms with Crippen molar-refractivity contribution in [2.24, 2.45) is 5.73 Å². The summed E-state index contributed by atoms with van der Waals surface area (Å²) in [5.74, 6) is -3.49. The molecular formula is C11H12FN3O5. The fourth-order valence-corrected chi connectivity index (χ4v) is 1.67. The van der Waals surface area contributed by atoms with Crippen molar-refractivity contribution in [3.63, 3.8) is 0 Å². The maximum Gasteiger partial charge on any atom is 0.338 e. The average Bonchev–Trinajstić information content (AvgIpc) is 2.34. The molecule has 108 valence electrons. The van der Waals surface area contributed by atoms with E-state index in [2.05, 4.69) is 0 Å². The standard InChI is InChI=1S/C11H12FN3O5/c1-2-14(5-10(13)16)8-4-7(12)6(11(17)18)3-9(8)15(19)20/h3-4H,2,5H2,1H3,(H2,13,16)(H,17,18). The molecule has 1 rings (SSSR count). The molecule has 0 unspecified atom stereocenters. The number of anilines is 1. The number of halogens is 1. The normalized spacial score (nSPS) is 10.1. The highest BCUT2D eigenvalue weighted by Gasteiger charge is 2.25. The maximum absolute atomic E-state index is 13.6. The summed E-state index contributed by atoms with van der Waals surface area (Å²) in [7, 11) is 0. The third-order valence-corrected chi connectivity index (χ3v) is 2.56. The predicted molar refractivity (Wildman–Crippen MR) is 67.1 cm³/mol. The minimum atomic E-state index is -1.62. The number of primary amides is 1. The Kier molecular flexibility index (Phi) is 4.57. The van der Waals surface area contributed by atoms with E-state index in [1.165, 1.54) is 4.90 Å². The topological polar surface area (TPSA) is 127 Å². The predicted octanol–water partition coefficient (Wildman–Crippen LogP) is 0.744. The van der Waals surface area contributed by atoms with Gasteiger partial charge in [0, 0.05) is 18.7 Å². The van der Waals surface area contributed by atoms with E-state index in [9.17, 15) is 24.1 Å². The van der Waals surface area contributed by atoms with E-state index in [1.54, 1.807) is 6.92 Å². The number of carboxylic acids is 1. The van der Waals surface area contributed by atoms with Crippen molar-refractivity contribution in [2.75, 3.05) is 18.0 Å². The first-order valence-electron chi connectivity index (χ1n) is 5.52. The molecule has 1 aromatic carbocycles. The summed E-state index contributed by atoms with van der Waals surface area (Å²) < 4.78 is 13.6.